The van der Waals surface area contributed by atoms with Crippen LogP contribution in [0.4, 0.5) is 28.4 Å². The summed E-state index contributed by atoms with van der Waals surface area (Å²) in [6.07, 6.45) is 22.1. The van der Waals surface area contributed by atoms with Crippen molar-refractivity contribution in [2.24, 2.45) is 20.5 Å². The number of nitro groups is 1. The quantitative estimate of drug-likeness (QED) is 0.0175. The molecule has 0 unspecified atom stereocenters. The maximum atomic E-state index is 12.3. The highest BCUT2D eigenvalue weighted by molar-refractivity contribution is 5.72. The number of hydrogen-bond donors (Lipinski definition) is 0. The van der Waals surface area contributed by atoms with Gasteiger partial charge in [0.05, 0.1) is 27.7 Å². The van der Waals surface area contributed by atoms with Crippen molar-refractivity contribution in [1.82, 2.24) is 0 Å². The Morgan fingerprint density at radius 3 is 1.35 bits per heavy atom. The molecule has 0 aliphatic heterocycles. The van der Waals surface area contributed by atoms with E-state index in [9.17, 15) is 14.9 Å². The normalized spacial score (nSPS) is 10.9. The van der Waals surface area contributed by atoms with Crippen molar-refractivity contribution in [3.05, 3.63) is 82.9 Å². The Bertz CT molecular complexity index is 1640. The van der Waals surface area contributed by atoms with E-state index in [2.05, 4.69) is 51.1 Å². The molecule has 3 rings (SSSR count). The average molecular weight is 704 g/mol. The van der Waals surface area contributed by atoms with Gasteiger partial charge in [-0.1, -0.05) is 102 Å². The average Bonchev–Trinajstić information content (AvgIpc) is 3.16. The molecule has 0 spiro atoms. The van der Waals surface area contributed by atoms with Gasteiger partial charge in [-0.15, -0.1) is 0 Å². The number of nitro benzene ring substituents is 1. The lowest BCUT2D eigenvalue weighted by atomic mass is 10.1. The van der Waals surface area contributed by atoms with Crippen LogP contribution in [0.1, 0.15) is 129 Å². The smallest absolute Gasteiger partial charge is 0.311 e. The van der Waals surface area contributed by atoms with Gasteiger partial charge >= 0.3 is 5.97 Å². The molecule has 0 amide bonds. The minimum absolute atomic E-state index is 0.000484. The van der Waals surface area contributed by atoms with Gasteiger partial charge in [-0.05, 0) is 91.8 Å². The lowest BCUT2D eigenvalue weighted by molar-refractivity contribution is -0.384. The third kappa shape index (κ3) is 19.3. The van der Waals surface area contributed by atoms with Crippen molar-refractivity contribution >= 4 is 34.4 Å². The van der Waals surface area contributed by atoms with Crippen LogP contribution >= 0.6 is 0 Å². The summed E-state index contributed by atoms with van der Waals surface area (Å²) in [5, 5.41) is 27.5. The first-order valence-corrected chi connectivity index (χ1v) is 19.0. The molecule has 274 valence electrons. The van der Waals surface area contributed by atoms with E-state index < -0.39 is 4.92 Å². The third-order valence-corrected chi connectivity index (χ3v) is 8.37. The number of non-ortho nitro benzene ring substituents is 1. The number of unbranched alkanes of at least 4 members (excludes halogenated alkanes) is 16. The van der Waals surface area contributed by atoms with Crippen LogP contribution in [0.15, 0.2) is 93.3 Å². The molecule has 9 nitrogen and oxygen atoms in total. The standard InChI is InChI=1S/C43H53N5O4/c1-2-3-4-5-6-7-8-9-10-11-12-13-14-15-16-17-18-19-20-21-22-23-24-43(49)52-42-35-31-40(32-36-42)47-45-38-27-25-37(26-28-38)44-46-39-29-33-41(34-30-39)48(50)51/h25-36H,2-12,17-24H2,1H3. The lowest BCUT2D eigenvalue weighted by Gasteiger charge is -2.04. The maximum absolute atomic E-state index is 12.3. The van der Waals surface area contributed by atoms with Crippen LogP contribution in [0.5, 0.6) is 5.75 Å². The molecule has 0 atom stereocenters. The molecular formula is C43H53N5O4. The number of nitrogens with zero attached hydrogens (tertiary/aromatic N) is 5. The Morgan fingerprint density at radius 1 is 0.558 bits per heavy atom. The predicted molar refractivity (Wildman–Crippen MR) is 209 cm³/mol. The van der Waals surface area contributed by atoms with Crippen LogP contribution in [-0.2, 0) is 4.79 Å². The van der Waals surface area contributed by atoms with E-state index in [1.54, 1.807) is 48.5 Å². The zero-order valence-corrected chi connectivity index (χ0v) is 30.7. The molecule has 0 aliphatic carbocycles. The molecule has 0 N–H and O–H groups in total. The van der Waals surface area contributed by atoms with E-state index in [4.69, 9.17) is 4.74 Å². The number of rotatable bonds is 24. The van der Waals surface area contributed by atoms with Crippen molar-refractivity contribution in [2.45, 2.75) is 129 Å². The summed E-state index contributed by atoms with van der Waals surface area (Å²) in [7, 11) is 0. The number of esters is 1. The molecule has 0 saturated heterocycles. The first-order valence-electron chi connectivity index (χ1n) is 19.0. The van der Waals surface area contributed by atoms with E-state index in [0.29, 0.717) is 34.9 Å². The van der Waals surface area contributed by atoms with Crippen LogP contribution in [0.25, 0.3) is 0 Å². The first-order chi connectivity index (χ1) is 25.5. The van der Waals surface area contributed by atoms with Gasteiger partial charge in [-0.3, -0.25) is 14.9 Å². The highest BCUT2D eigenvalue weighted by atomic mass is 16.6. The highest BCUT2D eigenvalue weighted by Crippen LogP contribution is 2.25. The minimum atomic E-state index is -0.461. The third-order valence-electron chi connectivity index (χ3n) is 8.37. The number of azo groups is 2. The van der Waals surface area contributed by atoms with Crippen LogP contribution in [-0.4, -0.2) is 10.9 Å². The molecule has 0 aliphatic rings. The van der Waals surface area contributed by atoms with Crippen LogP contribution < -0.4 is 4.74 Å². The van der Waals surface area contributed by atoms with Crippen molar-refractivity contribution in [2.75, 3.05) is 0 Å². The zero-order chi connectivity index (χ0) is 36.9. The molecule has 0 radical (unpaired) electrons. The minimum Gasteiger partial charge on any atom is -0.427 e. The maximum Gasteiger partial charge on any atom is 0.311 e. The predicted octanol–water partition coefficient (Wildman–Crippen LogP) is 13.8. The largest absolute Gasteiger partial charge is 0.427 e. The monoisotopic (exact) mass is 703 g/mol. The summed E-state index contributed by atoms with van der Waals surface area (Å²) in [5.41, 5.74) is 2.38. The summed E-state index contributed by atoms with van der Waals surface area (Å²) in [5.74, 6) is 12.6. The van der Waals surface area contributed by atoms with Gasteiger partial charge in [0.25, 0.3) is 5.69 Å². The summed E-state index contributed by atoms with van der Waals surface area (Å²) in [6, 6.07) is 19.8. The number of carbonyl (C=O) groups excluding carboxylic acids is 1. The van der Waals surface area contributed by atoms with Gasteiger partial charge in [0.2, 0.25) is 0 Å². The fraction of sp³-hybridized carbons (Fsp3) is 0.465. The molecule has 0 heterocycles. The second kappa shape index (κ2) is 26.6. The second-order valence-electron chi connectivity index (χ2n) is 12.8. The van der Waals surface area contributed by atoms with Crippen LogP contribution in [0, 0.1) is 33.8 Å². The molecule has 3 aromatic rings. The Morgan fingerprint density at radius 2 is 0.923 bits per heavy atom. The number of ether oxygens (including phenoxy) is 1. The topological polar surface area (TPSA) is 119 Å². The summed E-state index contributed by atoms with van der Waals surface area (Å²) < 4.78 is 5.48. The first kappa shape index (κ1) is 41.3. The van der Waals surface area contributed by atoms with Crippen LogP contribution in [0.3, 0.4) is 0 Å². The summed E-state index contributed by atoms with van der Waals surface area (Å²) >= 11 is 0. The van der Waals surface area contributed by atoms with Gasteiger partial charge in [0.15, 0.2) is 0 Å². The van der Waals surface area contributed by atoms with E-state index >= 15 is 0 Å². The van der Waals surface area contributed by atoms with Gasteiger partial charge in [-0.25, -0.2) is 0 Å². The zero-order valence-electron chi connectivity index (χ0n) is 30.7. The van der Waals surface area contributed by atoms with E-state index in [1.807, 2.05) is 0 Å². The SMILES string of the molecule is CCCCCCCCCCCCC#CC#CCCCCCCCCC(=O)Oc1ccc(N=Nc2ccc(N=Nc3ccc([N+](=O)[O-])cc3)cc2)cc1. The van der Waals surface area contributed by atoms with E-state index in [0.717, 1.165) is 51.4 Å². The van der Waals surface area contributed by atoms with Crippen molar-refractivity contribution < 1.29 is 14.5 Å². The summed E-state index contributed by atoms with van der Waals surface area (Å²) in [4.78, 5) is 22.6. The number of benzene rings is 3. The molecule has 0 bridgehead atoms. The van der Waals surface area contributed by atoms with Gasteiger partial charge in [-0.2, -0.15) is 20.5 Å². The molecule has 3 aromatic carbocycles. The van der Waals surface area contributed by atoms with Gasteiger partial charge in [0, 0.05) is 31.4 Å². The van der Waals surface area contributed by atoms with Crippen molar-refractivity contribution in [3.8, 4) is 29.4 Å². The molecule has 0 fully saturated rings. The van der Waals surface area contributed by atoms with Gasteiger partial charge in [0.1, 0.15) is 5.75 Å². The summed E-state index contributed by atoms with van der Waals surface area (Å²) in [6.45, 7) is 2.27. The van der Waals surface area contributed by atoms with Crippen molar-refractivity contribution in [3.63, 3.8) is 0 Å². The Hall–Kier alpha value is -5.15. The van der Waals surface area contributed by atoms with Crippen molar-refractivity contribution in [1.29, 1.82) is 0 Å². The second-order valence-corrected chi connectivity index (χ2v) is 12.8. The molecule has 0 saturated carbocycles. The molecule has 9 heteroatoms. The Balaban J connectivity index is 1.18. The Kier molecular flexibility index (Phi) is 21.1. The molecule has 52 heavy (non-hydrogen) atoms. The molecule has 0 aromatic heterocycles. The van der Waals surface area contributed by atoms with E-state index in [-0.39, 0.29) is 11.7 Å². The number of hydrogen-bond acceptors (Lipinski definition) is 8. The van der Waals surface area contributed by atoms with Gasteiger partial charge < -0.3 is 4.74 Å². The fourth-order valence-corrected chi connectivity index (χ4v) is 5.33. The Labute approximate surface area is 309 Å². The van der Waals surface area contributed by atoms with E-state index in [1.165, 1.54) is 88.5 Å². The highest BCUT2D eigenvalue weighted by Gasteiger charge is 2.06. The fourth-order valence-electron chi connectivity index (χ4n) is 5.33. The number of carbonyl (C=O) groups is 1. The molecular weight excluding hydrogens is 651 g/mol. The van der Waals surface area contributed by atoms with Crippen LogP contribution in [0.2, 0.25) is 0 Å². The lowest BCUT2D eigenvalue weighted by Crippen LogP contribution is -2.07.